The first-order valence-corrected chi connectivity index (χ1v) is 7.46. The number of rotatable bonds is 2. The van der Waals surface area contributed by atoms with Crippen molar-refractivity contribution in [1.82, 2.24) is 10.2 Å². The Morgan fingerprint density at radius 2 is 1.89 bits per heavy atom. The van der Waals surface area contributed by atoms with Gasteiger partial charge in [0, 0.05) is 44.4 Å². The SMILES string of the molecule is CC1CNC(c2ccccc2)CN1C1CCOCC1. The molecule has 3 heteroatoms. The molecule has 0 aromatic heterocycles. The second kappa shape index (κ2) is 6.04. The van der Waals surface area contributed by atoms with Crippen molar-refractivity contribution in [2.45, 2.75) is 37.9 Å². The molecule has 1 N–H and O–H groups in total. The Hall–Kier alpha value is -0.900. The van der Waals surface area contributed by atoms with Gasteiger partial charge in [0.15, 0.2) is 0 Å². The Morgan fingerprint density at radius 1 is 1.16 bits per heavy atom. The number of hydrogen-bond donors (Lipinski definition) is 1. The van der Waals surface area contributed by atoms with E-state index in [9.17, 15) is 0 Å². The van der Waals surface area contributed by atoms with Gasteiger partial charge in [-0.15, -0.1) is 0 Å². The number of ether oxygens (including phenoxy) is 1. The third kappa shape index (κ3) is 2.99. The molecule has 2 aliphatic rings. The van der Waals surface area contributed by atoms with Gasteiger partial charge in [0.1, 0.15) is 0 Å². The molecule has 0 radical (unpaired) electrons. The normalized spacial score (nSPS) is 30.4. The van der Waals surface area contributed by atoms with Crippen LogP contribution < -0.4 is 5.32 Å². The van der Waals surface area contributed by atoms with Gasteiger partial charge in [0.25, 0.3) is 0 Å². The molecule has 0 aliphatic carbocycles. The van der Waals surface area contributed by atoms with Gasteiger partial charge in [-0.05, 0) is 25.3 Å². The van der Waals surface area contributed by atoms with Crippen LogP contribution in [-0.4, -0.2) is 43.3 Å². The van der Waals surface area contributed by atoms with E-state index >= 15 is 0 Å². The third-order valence-corrected chi connectivity index (χ3v) is 4.48. The fourth-order valence-electron chi connectivity index (χ4n) is 3.32. The van der Waals surface area contributed by atoms with Crippen molar-refractivity contribution in [2.24, 2.45) is 0 Å². The molecule has 104 valence electrons. The zero-order valence-electron chi connectivity index (χ0n) is 11.7. The summed E-state index contributed by atoms with van der Waals surface area (Å²) in [6.45, 7) is 6.39. The average molecular weight is 260 g/mol. The van der Waals surface area contributed by atoms with Crippen LogP contribution in [0.4, 0.5) is 0 Å². The average Bonchev–Trinajstić information content (AvgIpc) is 2.49. The minimum Gasteiger partial charge on any atom is -0.381 e. The molecule has 2 atom stereocenters. The van der Waals surface area contributed by atoms with Gasteiger partial charge in [-0.25, -0.2) is 0 Å². The van der Waals surface area contributed by atoms with Crippen LogP contribution in [0.15, 0.2) is 30.3 Å². The van der Waals surface area contributed by atoms with Crippen molar-refractivity contribution < 1.29 is 4.74 Å². The number of nitrogens with one attached hydrogen (secondary N) is 1. The first kappa shape index (κ1) is 13.1. The summed E-state index contributed by atoms with van der Waals surface area (Å²) < 4.78 is 5.49. The van der Waals surface area contributed by atoms with Crippen LogP contribution >= 0.6 is 0 Å². The molecule has 2 heterocycles. The van der Waals surface area contributed by atoms with Gasteiger partial charge in [-0.2, -0.15) is 0 Å². The molecule has 1 aromatic carbocycles. The highest BCUT2D eigenvalue weighted by Gasteiger charge is 2.31. The molecule has 3 rings (SSSR count). The molecular weight excluding hydrogens is 236 g/mol. The predicted octanol–water partition coefficient (Wildman–Crippen LogP) is 2.20. The lowest BCUT2D eigenvalue weighted by molar-refractivity contribution is 0.00429. The maximum absolute atomic E-state index is 5.49. The predicted molar refractivity (Wildman–Crippen MR) is 77.2 cm³/mol. The first-order valence-electron chi connectivity index (χ1n) is 7.46. The molecular formula is C16H24N2O. The lowest BCUT2D eigenvalue weighted by atomic mass is 9.98. The van der Waals surface area contributed by atoms with E-state index in [1.807, 2.05) is 0 Å². The van der Waals surface area contributed by atoms with E-state index in [1.165, 1.54) is 18.4 Å². The Bertz CT molecular complexity index is 389. The van der Waals surface area contributed by atoms with Crippen molar-refractivity contribution >= 4 is 0 Å². The van der Waals surface area contributed by atoms with Crippen LogP contribution in [0.2, 0.25) is 0 Å². The van der Waals surface area contributed by atoms with E-state index in [0.717, 1.165) is 26.3 Å². The quantitative estimate of drug-likeness (QED) is 0.882. The monoisotopic (exact) mass is 260 g/mol. The van der Waals surface area contributed by atoms with Gasteiger partial charge >= 0.3 is 0 Å². The standard InChI is InChI=1S/C16H24N2O/c1-13-11-17-16(14-5-3-2-4-6-14)12-18(13)15-7-9-19-10-8-15/h2-6,13,15-17H,7-12H2,1H3. The second-order valence-electron chi connectivity index (χ2n) is 5.76. The van der Waals surface area contributed by atoms with Crippen molar-refractivity contribution in [1.29, 1.82) is 0 Å². The summed E-state index contributed by atoms with van der Waals surface area (Å²) in [5.41, 5.74) is 1.41. The van der Waals surface area contributed by atoms with Gasteiger partial charge < -0.3 is 10.1 Å². The van der Waals surface area contributed by atoms with Crippen molar-refractivity contribution in [3.05, 3.63) is 35.9 Å². The van der Waals surface area contributed by atoms with Crippen molar-refractivity contribution in [3.63, 3.8) is 0 Å². The zero-order chi connectivity index (χ0) is 13.1. The zero-order valence-corrected chi connectivity index (χ0v) is 11.7. The Balaban J connectivity index is 1.70. The van der Waals surface area contributed by atoms with Crippen LogP contribution in [-0.2, 0) is 4.74 Å². The van der Waals surface area contributed by atoms with Crippen molar-refractivity contribution in [2.75, 3.05) is 26.3 Å². The number of benzene rings is 1. The molecule has 1 aromatic rings. The molecule has 2 saturated heterocycles. The Morgan fingerprint density at radius 3 is 2.63 bits per heavy atom. The lowest BCUT2D eigenvalue weighted by Gasteiger charge is -2.44. The third-order valence-electron chi connectivity index (χ3n) is 4.48. The minimum atomic E-state index is 0.472. The maximum Gasteiger partial charge on any atom is 0.0480 e. The summed E-state index contributed by atoms with van der Waals surface area (Å²) in [5.74, 6) is 0. The van der Waals surface area contributed by atoms with Gasteiger partial charge in [-0.1, -0.05) is 30.3 Å². The van der Waals surface area contributed by atoms with Gasteiger partial charge in [0.2, 0.25) is 0 Å². The van der Waals surface area contributed by atoms with Crippen LogP contribution in [0.25, 0.3) is 0 Å². The molecule has 2 aliphatic heterocycles. The lowest BCUT2D eigenvalue weighted by Crippen LogP contribution is -2.56. The van der Waals surface area contributed by atoms with E-state index < -0.39 is 0 Å². The van der Waals surface area contributed by atoms with E-state index in [-0.39, 0.29) is 0 Å². The summed E-state index contributed by atoms with van der Waals surface area (Å²) in [6.07, 6.45) is 2.37. The van der Waals surface area contributed by atoms with Crippen LogP contribution in [0.1, 0.15) is 31.4 Å². The largest absolute Gasteiger partial charge is 0.381 e. The topological polar surface area (TPSA) is 24.5 Å². The highest BCUT2D eigenvalue weighted by Crippen LogP contribution is 2.25. The minimum absolute atomic E-state index is 0.472. The molecule has 0 saturated carbocycles. The van der Waals surface area contributed by atoms with Gasteiger partial charge in [0.05, 0.1) is 0 Å². The van der Waals surface area contributed by atoms with Crippen molar-refractivity contribution in [3.8, 4) is 0 Å². The highest BCUT2D eigenvalue weighted by atomic mass is 16.5. The molecule has 0 amide bonds. The molecule has 2 unspecified atom stereocenters. The Labute approximate surface area is 115 Å². The maximum atomic E-state index is 5.49. The molecule has 19 heavy (non-hydrogen) atoms. The molecule has 2 fully saturated rings. The van der Waals surface area contributed by atoms with E-state index in [4.69, 9.17) is 4.74 Å². The Kier molecular flexibility index (Phi) is 4.16. The number of nitrogens with zero attached hydrogens (tertiary/aromatic N) is 1. The summed E-state index contributed by atoms with van der Waals surface area (Å²) in [7, 11) is 0. The highest BCUT2D eigenvalue weighted by molar-refractivity contribution is 5.20. The van der Waals surface area contributed by atoms with E-state index in [0.29, 0.717) is 18.1 Å². The smallest absolute Gasteiger partial charge is 0.0480 e. The molecule has 0 spiro atoms. The van der Waals surface area contributed by atoms with Crippen LogP contribution in [0.5, 0.6) is 0 Å². The fourth-order valence-corrected chi connectivity index (χ4v) is 3.32. The number of hydrogen-bond acceptors (Lipinski definition) is 3. The molecule has 3 nitrogen and oxygen atoms in total. The summed E-state index contributed by atoms with van der Waals surface area (Å²) in [4.78, 5) is 2.69. The van der Waals surface area contributed by atoms with E-state index in [2.05, 4.69) is 47.5 Å². The second-order valence-corrected chi connectivity index (χ2v) is 5.76. The fraction of sp³-hybridized carbons (Fsp3) is 0.625. The van der Waals surface area contributed by atoms with Crippen LogP contribution in [0.3, 0.4) is 0 Å². The first-order chi connectivity index (χ1) is 9.34. The summed E-state index contributed by atoms with van der Waals surface area (Å²) in [6, 6.07) is 12.6. The van der Waals surface area contributed by atoms with E-state index in [1.54, 1.807) is 0 Å². The van der Waals surface area contributed by atoms with Gasteiger partial charge in [-0.3, -0.25) is 4.90 Å². The molecule has 0 bridgehead atoms. The number of piperazine rings is 1. The summed E-state index contributed by atoms with van der Waals surface area (Å²) >= 11 is 0. The summed E-state index contributed by atoms with van der Waals surface area (Å²) in [5, 5.41) is 3.68. The van der Waals surface area contributed by atoms with Crippen LogP contribution in [0, 0.1) is 0 Å².